The van der Waals surface area contributed by atoms with Gasteiger partial charge in [0.2, 0.25) is 0 Å². The van der Waals surface area contributed by atoms with E-state index in [0.29, 0.717) is 6.29 Å². The number of benzene rings is 1. The van der Waals surface area contributed by atoms with Gasteiger partial charge in [0.25, 0.3) is 5.56 Å². The molecule has 0 atom stereocenters. The average Bonchev–Trinajstić information content (AvgIpc) is 2.39. The number of H-pyrrole nitrogens is 1. The molecule has 0 radical (unpaired) electrons. The molecule has 0 bridgehead atoms. The summed E-state index contributed by atoms with van der Waals surface area (Å²) in [5.74, 6) is 0. The topological polar surface area (TPSA) is 53.2 Å². The van der Waals surface area contributed by atoms with Gasteiger partial charge in [-0.15, -0.1) is 0 Å². The van der Waals surface area contributed by atoms with Crippen LogP contribution in [-0.2, 0) is 0 Å². The predicted molar refractivity (Wildman–Crippen MR) is 73.5 cm³/mol. The lowest BCUT2D eigenvalue weighted by molar-refractivity contribution is 0.112. The molecule has 0 amide bonds. The number of hydrogen-bond donors (Lipinski definition) is 1. The first-order valence-corrected chi connectivity index (χ1v) is 6.06. The first-order valence-electron chi connectivity index (χ1n) is 6.06. The van der Waals surface area contributed by atoms with Crippen LogP contribution in [0.4, 0.5) is 5.69 Å². The van der Waals surface area contributed by atoms with Crippen LogP contribution in [-0.4, -0.2) is 24.4 Å². The smallest absolute Gasteiger partial charge is 0.259 e. The number of carbonyl (C=O) groups is 1. The lowest BCUT2D eigenvalue weighted by Crippen LogP contribution is -2.21. The molecule has 4 nitrogen and oxygen atoms in total. The second-order valence-corrected chi connectivity index (χ2v) is 4.12. The molecule has 2 aromatic rings. The number of anilines is 1. The molecule has 0 aliphatic carbocycles. The first kappa shape index (κ1) is 12.4. The van der Waals surface area contributed by atoms with Crippen molar-refractivity contribution in [3.63, 3.8) is 0 Å². The lowest BCUT2D eigenvalue weighted by atomic mass is 10.1. The molecule has 0 saturated carbocycles. The molecule has 4 heteroatoms. The van der Waals surface area contributed by atoms with Gasteiger partial charge in [-0.3, -0.25) is 9.59 Å². The third kappa shape index (κ3) is 2.14. The van der Waals surface area contributed by atoms with E-state index in [9.17, 15) is 9.59 Å². The van der Waals surface area contributed by atoms with Gasteiger partial charge < -0.3 is 9.88 Å². The third-order valence-electron chi connectivity index (χ3n) is 3.11. The van der Waals surface area contributed by atoms with Crippen molar-refractivity contribution in [3.05, 3.63) is 40.2 Å². The van der Waals surface area contributed by atoms with E-state index >= 15 is 0 Å². The number of aldehydes is 1. The Morgan fingerprint density at radius 3 is 2.56 bits per heavy atom. The molecule has 2 rings (SSSR count). The number of aromatic amines is 1. The Morgan fingerprint density at radius 2 is 1.94 bits per heavy atom. The van der Waals surface area contributed by atoms with Gasteiger partial charge in [0.1, 0.15) is 0 Å². The molecule has 0 saturated heterocycles. The summed E-state index contributed by atoms with van der Waals surface area (Å²) < 4.78 is 0. The molecule has 0 fully saturated rings. The summed E-state index contributed by atoms with van der Waals surface area (Å²) in [6.45, 7) is 6.01. The Morgan fingerprint density at radius 1 is 1.22 bits per heavy atom. The van der Waals surface area contributed by atoms with Crippen molar-refractivity contribution in [2.24, 2.45) is 0 Å². The van der Waals surface area contributed by atoms with Crippen molar-refractivity contribution < 1.29 is 4.79 Å². The van der Waals surface area contributed by atoms with Gasteiger partial charge in [-0.25, -0.2) is 0 Å². The van der Waals surface area contributed by atoms with Gasteiger partial charge in [0.05, 0.1) is 11.1 Å². The molecule has 1 N–H and O–H groups in total. The van der Waals surface area contributed by atoms with Gasteiger partial charge in [0.15, 0.2) is 6.29 Å². The highest BCUT2D eigenvalue weighted by Crippen LogP contribution is 2.20. The van der Waals surface area contributed by atoms with E-state index in [0.717, 1.165) is 29.7 Å². The van der Waals surface area contributed by atoms with Crippen LogP contribution >= 0.6 is 0 Å². The van der Waals surface area contributed by atoms with E-state index in [2.05, 4.69) is 23.7 Å². The van der Waals surface area contributed by atoms with Crippen LogP contribution in [0.1, 0.15) is 24.2 Å². The Balaban J connectivity index is 2.58. The summed E-state index contributed by atoms with van der Waals surface area (Å²) in [7, 11) is 0. The maximum absolute atomic E-state index is 11.6. The minimum absolute atomic E-state index is 0.165. The molecular weight excluding hydrogens is 228 g/mol. The van der Waals surface area contributed by atoms with Crippen molar-refractivity contribution in [2.75, 3.05) is 18.0 Å². The van der Waals surface area contributed by atoms with Gasteiger partial charge in [0, 0.05) is 18.8 Å². The maximum Gasteiger partial charge on any atom is 0.259 e. The largest absolute Gasteiger partial charge is 0.372 e. The number of carbonyl (C=O) groups excluding carboxylic acids is 1. The van der Waals surface area contributed by atoms with Crippen molar-refractivity contribution in [1.29, 1.82) is 0 Å². The Hall–Kier alpha value is -2.10. The van der Waals surface area contributed by atoms with Gasteiger partial charge >= 0.3 is 0 Å². The molecule has 1 aromatic heterocycles. The van der Waals surface area contributed by atoms with Crippen LogP contribution in [0.2, 0.25) is 0 Å². The van der Waals surface area contributed by atoms with E-state index in [-0.39, 0.29) is 11.1 Å². The highest BCUT2D eigenvalue weighted by Gasteiger charge is 2.05. The van der Waals surface area contributed by atoms with Gasteiger partial charge in [-0.2, -0.15) is 0 Å². The molecule has 18 heavy (non-hydrogen) atoms. The number of pyridine rings is 1. The van der Waals surface area contributed by atoms with Gasteiger partial charge in [-0.05, 0) is 37.4 Å². The highest BCUT2D eigenvalue weighted by atomic mass is 16.1. The zero-order valence-electron chi connectivity index (χ0n) is 10.6. The van der Waals surface area contributed by atoms with E-state index in [1.165, 1.54) is 0 Å². The SMILES string of the molecule is CCN(CC)c1ccc2cc(C=O)c(=O)[nH]c2c1. The number of fused-ring (bicyclic) bond motifs is 1. The van der Waals surface area contributed by atoms with Crippen LogP contribution in [0.25, 0.3) is 10.9 Å². The Bertz CT molecular complexity index is 627. The van der Waals surface area contributed by atoms with E-state index in [1.54, 1.807) is 6.07 Å². The number of nitrogens with one attached hydrogen (secondary N) is 1. The molecule has 94 valence electrons. The fourth-order valence-corrected chi connectivity index (χ4v) is 2.08. The van der Waals surface area contributed by atoms with Crippen LogP contribution in [0.15, 0.2) is 29.1 Å². The molecule has 1 heterocycles. The fourth-order valence-electron chi connectivity index (χ4n) is 2.08. The monoisotopic (exact) mass is 244 g/mol. The van der Waals surface area contributed by atoms with E-state index in [4.69, 9.17) is 0 Å². The zero-order chi connectivity index (χ0) is 13.1. The minimum atomic E-state index is -0.339. The summed E-state index contributed by atoms with van der Waals surface area (Å²) >= 11 is 0. The number of aromatic nitrogens is 1. The quantitative estimate of drug-likeness (QED) is 0.839. The molecule has 1 aromatic carbocycles. The fraction of sp³-hybridized carbons (Fsp3) is 0.286. The maximum atomic E-state index is 11.6. The highest BCUT2D eigenvalue weighted by molar-refractivity contribution is 5.87. The van der Waals surface area contributed by atoms with Crippen LogP contribution < -0.4 is 10.5 Å². The van der Waals surface area contributed by atoms with Crippen molar-refractivity contribution in [1.82, 2.24) is 4.98 Å². The summed E-state index contributed by atoms with van der Waals surface area (Å²) in [6, 6.07) is 7.49. The standard InChI is InChI=1S/C14H16N2O2/c1-3-16(4-2)12-6-5-10-7-11(9-17)14(18)15-13(10)8-12/h5-9H,3-4H2,1-2H3,(H,15,18). The van der Waals surface area contributed by atoms with Crippen LogP contribution in [0.3, 0.4) is 0 Å². The molecule has 0 spiro atoms. The Kier molecular flexibility index (Phi) is 3.46. The average molecular weight is 244 g/mol. The molecule has 0 aliphatic rings. The number of hydrogen-bond acceptors (Lipinski definition) is 3. The minimum Gasteiger partial charge on any atom is -0.372 e. The van der Waals surface area contributed by atoms with Crippen molar-refractivity contribution >= 4 is 22.9 Å². The van der Waals surface area contributed by atoms with Crippen LogP contribution in [0.5, 0.6) is 0 Å². The summed E-state index contributed by atoms with van der Waals surface area (Å²) in [6.07, 6.45) is 0.580. The molecular formula is C14H16N2O2. The van der Waals surface area contributed by atoms with Crippen molar-refractivity contribution in [2.45, 2.75) is 13.8 Å². The van der Waals surface area contributed by atoms with Crippen LogP contribution in [0, 0.1) is 0 Å². The van der Waals surface area contributed by atoms with Gasteiger partial charge in [-0.1, -0.05) is 6.07 Å². The predicted octanol–water partition coefficient (Wildman–Crippen LogP) is 2.19. The lowest BCUT2D eigenvalue weighted by Gasteiger charge is -2.21. The van der Waals surface area contributed by atoms with Crippen molar-refractivity contribution in [3.8, 4) is 0 Å². The molecule has 0 unspecified atom stereocenters. The summed E-state index contributed by atoms with van der Waals surface area (Å²) in [4.78, 5) is 27.2. The van der Waals surface area contributed by atoms with E-state index in [1.807, 2.05) is 18.2 Å². The summed E-state index contributed by atoms with van der Waals surface area (Å²) in [5, 5.41) is 0.868. The second-order valence-electron chi connectivity index (χ2n) is 4.12. The number of nitrogens with zero attached hydrogens (tertiary/aromatic N) is 1. The summed E-state index contributed by atoms with van der Waals surface area (Å²) in [5.41, 5.74) is 1.66. The zero-order valence-corrected chi connectivity index (χ0v) is 10.6. The second kappa shape index (κ2) is 5.04. The first-order chi connectivity index (χ1) is 8.69. The third-order valence-corrected chi connectivity index (χ3v) is 3.11. The Labute approximate surface area is 105 Å². The normalized spacial score (nSPS) is 10.6. The number of rotatable bonds is 4. The van der Waals surface area contributed by atoms with E-state index < -0.39 is 0 Å². The molecule has 0 aliphatic heterocycles.